The quantitative estimate of drug-likeness (QED) is 0.285. The van der Waals surface area contributed by atoms with E-state index < -0.39 is 30.3 Å². The van der Waals surface area contributed by atoms with Crippen LogP contribution in [0.4, 0.5) is 11.4 Å². The molecule has 2 aromatic carbocycles. The van der Waals surface area contributed by atoms with E-state index in [-0.39, 0.29) is 45.7 Å². The van der Waals surface area contributed by atoms with Gasteiger partial charge < -0.3 is 10.1 Å². The Bertz CT molecular complexity index is 1270. The lowest BCUT2D eigenvalue weighted by Crippen LogP contribution is -2.37. The lowest BCUT2D eigenvalue weighted by atomic mass is 9.80. The number of carbonyl (C=O) groups is 4. The van der Waals surface area contributed by atoms with Crippen LogP contribution in [0.2, 0.25) is 5.02 Å². The van der Waals surface area contributed by atoms with Gasteiger partial charge in [0.15, 0.2) is 6.61 Å². The van der Waals surface area contributed by atoms with Gasteiger partial charge in [0.25, 0.3) is 5.91 Å². The van der Waals surface area contributed by atoms with Gasteiger partial charge in [-0.15, -0.1) is 23.2 Å². The number of rotatable bonds is 5. The zero-order chi connectivity index (χ0) is 25.9. The highest BCUT2D eigenvalue weighted by Gasteiger charge is 2.66. The van der Waals surface area contributed by atoms with Crippen molar-refractivity contribution in [3.63, 3.8) is 0 Å². The van der Waals surface area contributed by atoms with Crippen LogP contribution < -0.4 is 10.2 Å². The van der Waals surface area contributed by atoms with E-state index in [1.807, 2.05) is 0 Å². The number of fused-ring (bicyclic) bond motifs is 5. The normalized spacial score (nSPS) is 28.4. The van der Waals surface area contributed by atoms with E-state index in [1.54, 1.807) is 31.2 Å². The summed E-state index contributed by atoms with van der Waals surface area (Å²) >= 11 is 22.2. The minimum Gasteiger partial charge on any atom is -0.452 e. The van der Waals surface area contributed by atoms with Crippen molar-refractivity contribution in [1.82, 2.24) is 0 Å². The van der Waals surface area contributed by atoms with Crippen LogP contribution in [0.3, 0.4) is 0 Å². The largest absolute Gasteiger partial charge is 0.452 e. The second kappa shape index (κ2) is 9.63. The number of nitrogens with zero attached hydrogens (tertiary/aromatic N) is 1. The number of esters is 1. The Labute approximate surface area is 230 Å². The minimum absolute atomic E-state index is 0.106. The summed E-state index contributed by atoms with van der Waals surface area (Å²) in [5.41, 5.74) is 1.65. The molecule has 188 valence electrons. The van der Waals surface area contributed by atoms with E-state index >= 15 is 0 Å². The molecule has 0 spiro atoms. The van der Waals surface area contributed by atoms with Crippen LogP contribution in [-0.2, 0) is 19.1 Å². The second-order valence-corrected chi connectivity index (χ2v) is 11.5. The molecule has 2 aliphatic carbocycles. The van der Waals surface area contributed by atoms with E-state index in [1.165, 1.54) is 12.1 Å². The van der Waals surface area contributed by atoms with Crippen molar-refractivity contribution in [2.24, 2.45) is 23.7 Å². The first-order valence-corrected chi connectivity index (χ1v) is 13.3. The SMILES string of the molecule is Cc1cc(Br)c(Cl)cc1NC(=O)COC(=O)c1cccc(N2C(=O)[C@@H]3[C@H]4C[C@@H]([C@H](Cl)[C@H]4Cl)[C@@H]3C2=O)c1. The molecule has 5 rings (SSSR count). The summed E-state index contributed by atoms with van der Waals surface area (Å²) in [6.07, 6.45) is 0.670. The summed E-state index contributed by atoms with van der Waals surface area (Å²) < 4.78 is 5.85. The van der Waals surface area contributed by atoms with Gasteiger partial charge in [-0.3, -0.25) is 19.3 Å². The van der Waals surface area contributed by atoms with Gasteiger partial charge in [0.2, 0.25) is 11.8 Å². The minimum atomic E-state index is -0.765. The number of carbonyl (C=O) groups excluding carboxylic acids is 4. The van der Waals surface area contributed by atoms with Crippen LogP contribution in [0.1, 0.15) is 22.3 Å². The molecule has 1 N–H and O–H groups in total. The Kier molecular flexibility index (Phi) is 6.83. The summed E-state index contributed by atoms with van der Waals surface area (Å²) in [6.45, 7) is 1.27. The van der Waals surface area contributed by atoms with Gasteiger partial charge in [-0.05, 0) is 77.0 Å². The molecular weight excluding hydrogens is 595 g/mol. The van der Waals surface area contributed by atoms with E-state index in [0.717, 1.165) is 10.5 Å². The first-order valence-electron chi connectivity index (χ1n) is 11.3. The van der Waals surface area contributed by atoms with Crippen LogP contribution in [0.15, 0.2) is 40.9 Å². The average molecular weight is 615 g/mol. The highest BCUT2D eigenvalue weighted by molar-refractivity contribution is 9.10. The zero-order valence-corrected chi connectivity index (χ0v) is 22.7. The van der Waals surface area contributed by atoms with Crippen molar-refractivity contribution in [2.45, 2.75) is 24.1 Å². The molecule has 0 unspecified atom stereocenters. The number of imide groups is 1. The Balaban J connectivity index is 1.26. The van der Waals surface area contributed by atoms with E-state index in [2.05, 4.69) is 21.2 Å². The number of ether oxygens (including phenoxy) is 1. The molecule has 1 heterocycles. The van der Waals surface area contributed by atoms with Crippen LogP contribution in [0.5, 0.6) is 0 Å². The number of nitrogens with one attached hydrogen (secondary N) is 1. The van der Waals surface area contributed by atoms with Gasteiger partial charge in [0.05, 0.1) is 38.9 Å². The fourth-order valence-electron chi connectivity index (χ4n) is 5.56. The number of hydrogen-bond donors (Lipinski definition) is 1. The van der Waals surface area contributed by atoms with Crippen molar-refractivity contribution < 1.29 is 23.9 Å². The number of anilines is 2. The Morgan fingerprint density at radius 1 is 1.08 bits per heavy atom. The third-order valence-electron chi connectivity index (χ3n) is 7.20. The monoisotopic (exact) mass is 612 g/mol. The van der Waals surface area contributed by atoms with Crippen molar-refractivity contribution in [3.05, 3.63) is 57.0 Å². The molecule has 2 aromatic rings. The fraction of sp³-hybridized carbons (Fsp3) is 0.360. The highest BCUT2D eigenvalue weighted by atomic mass is 79.9. The van der Waals surface area contributed by atoms with E-state index in [9.17, 15) is 19.2 Å². The third-order valence-corrected chi connectivity index (χ3v) is 9.72. The lowest BCUT2D eigenvalue weighted by Gasteiger charge is -2.28. The van der Waals surface area contributed by atoms with Gasteiger partial charge in [0.1, 0.15) is 0 Å². The van der Waals surface area contributed by atoms with Gasteiger partial charge >= 0.3 is 5.97 Å². The van der Waals surface area contributed by atoms with Gasteiger partial charge in [-0.1, -0.05) is 17.7 Å². The molecule has 2 saturated carbocycles. The van der Waals surface area contributed by atoms with Gasteiger partial charge in [0, 0.05) is 10.2 Å². The van der Waals surface area contributed by atoms with Crippen molar-refractivity contribution in [3.8, 4) is 0 Å². The second-order valence-electron chi connectivity index (χ2n) is 9.27. The lowest BCUT2D eigenvalue weighted by molar-refractivity contribution is -0.123. The van der Waals surface area contributed by atoms with E-state index in [4.69, 9.17) is 39.5 Å². The zero-order valence-electron chi connectivity index (χ0n) is 18.8. The van der Waals surface area contributed by atoms with Crippen molar-refractivity contribution in [1.29, 1.82) is 0 Å². The number of aryl methyl sites for hydroxylation is 1. The van der Waals surface area contributed by atoms with E-state index in [0.29, 0.717) is 21.6 Å². The molecule has 11 heteroatoms. The summed E-state index contributed by atoms with van der Waals surface area (Å²) in [4.78, 5) is 52.5. The maximum Gasteiger partial charge on any atom is 0.338 e. The first-order chi connectivity index (χ1) is 17.1. The van der Waals surface area contributed by atoms with Crippen molar-refractivity contribution >= 4 is 85.8 Å². The molecular formula is C25H20BrCl3N2O5. The Hall–Kier alpha value is -2.13. The van der Waals surface area contributed by atoms with Gasteiger partial charge in [-0.2, -0.15) is 0 Å². The topological polar surface area (TPSA) is 92.8 Å². The molecule has 0 radical (unpaired) electrons. The standard InChI is InChI=1S/C25H20BrCl3N2O5/c1-10-5-15(26)16(27)8-17(10)30-18(32)9-36-25(35)11-3-2-4-12(6-11)31-23(33)19-13-7-14(20(19)24(31)34)22(29)21(13)28/h2-6,8,13-14,19-22H,7,9H2,1H3,(H,30,32)/t13-,14-,19-,20+,21+,22+/m1/s1. The molecule has 0 aromatic heterocycles. The summed E-state index contributed by atoms with van der Waals surface area (Å²) in [5, 5.41) is 2.39. The van der Waals surface area contributed by atoms with Crippen LogP contribution in [0, 0.1) is 30.6 Å². The molecule has 36 heavy (non-hydrogen) atoms. The number of hydrogen-bond acceptors (Lipinski definition) is 5. The molecule has 2 bridgehead atoms. The Morgan fingerprint density at radius 3 is 2.36 bits per heavy atom. The summed E-state index contributed by atoms with van der Waals surface area (Å²) in [7, 11) is 0. The Morgan fingerprint density at radius 2 is 1.72 bits per heavy atom. The molecule has 3 amide bonds. The first kappa shape index (κ1) is 25.5. The third kappa shape index (κ3) is 4.22. The van der Waals surface area contributed by atoms with Crippen LogP contribution in [0.25, 0.3) is 0 Å². The summed E-state index contributed by atoms with van der Waals surface area (Å²) in [6, 6.07) is 9.39. The maximum atomic E-state index is 13.2. The number of halogens is 4. The smallest absolute Gasteiger partial charge is 0.338 e. The fourth-order valence-corrected chi connectivity index (χ4v) is 7.07. The molecule has 6 atom stereocenters. The van der Waals surface area contributed by atoms with Gasteiger partial charge in [-0.25, -0.2) is 4.79 Å². The molecule has 3 fully saturated rings. The average Bonchev–Trinajstić information content (AvgIpc) is 3.45. The predicted molar refractivity (Wildman–Crippen MR) is 140 cm³/mol. The van der Waals surface area contributed by atoms with Crippen LogP contribution >= 0.6 is 50.7 Å². The van der Waals surface area contributed by atoms with Crippen molar-refractivity contribution in [2.75, 3.05) is 16.8 Å². The number of benzene rings is 2. The summed E-state index contributed by atoms with van der Waals surface area (Å²) in [5.74, 6) is -3.20. The predicted octanol–water partition coefficient (Wildman–Crippen LogP) is 5.18. The van der Waals surface area contributed by atoms with Crippen LogP contribution in [-0.4, -0.2) is 41.1 Å². The highest BCUT2D eigenvalue weighted by Crippen LogP contribution is 2.59. The number of alkyl halides is 2. The maximum absolute atomic E-state index is 13.2. The molecule has 1 aliphatic heterocycles. The number of amides is 3. The molecule has 7 nitrogen and oxygen atoms in total. The molecule has 1 saturated heterocycles. The molecule has 3 aliphatic rings.